The van der Waals surface area contributed by atoms with Crippen LogP contribution < -0.4 is 16.0 Å². The number of nitrogens with one attached hydrogen (secondary N) is 3. The van der Waals surface area contributed by atoms with E-state index < -0.39 is 37.3 Å². The van der Waals surface area contributed by atoms with Crippen LogP contribution in [-0.2, 0) is 27.0 Å². The second-order valence-corrected chi connectivity index (χ2v) is 10.2. The highest BCUT2D eigenvalue weighted by Crippen LogP contribution is 2.41. The molecule has 0 fully saturated rings. The lowest BCUT2D eigenvalue weighted by molar-refractivity contribution is -0.130. The van der Waals surface area contributed by atoms with E-state index in [0.717, 1.165) is 0 Å². The van der Waals surface area contributed by atoms with Crippen LogP contribution in [0.15, 0.2) is 48.5 Å². The van der Waals surface area contributed by atoms with Gasteiger partial charge in [-0.15, -0.1) is 0 Å². The molecule has 7 N–H and O–H groups in total. The molecule has 2 aromatic carbocycles. The van der Waals surface area contributed by atoms with Gasteiger partial charge in [0.25, 0.3) is 0 Å². The Bertz CT molecular complexity index is 1010. The Morgan fingerprint density at radius 1 is 0.824 bits per heavy atom. The first kappa shape index (κ1) is 27.3. The molecule has 2 amide bonds. The van der Waals surface area contributed by atoms with Crippen LogP contribution in [0.3, 0.4) is 0 Å². The lowest BCUT2D eigenvalue weighted by atomic mass is 10.0. The Labute approximate surface area is 198 Å². The molecule has 34 heavy (non-hydrogen) atoms. The number of carbonyl (C=O) groups excluding carboxylic acids is 2. The van der Waals surface area contributed by atoms with Crippen LogP contribution in [0.2, 0.25) is 0 Å². The number of rotatable bonds is 11. The Balaban J connectivity index is 2.27. The van der Waals surface area contributed by atoms with Crippen LogP contribution in [0.5, 0.6) is 11.5 Å². The minimum atomic E-state index is -4.76. The summed E-state index contributed by atoms with van der Waals surface area (Å²) in [6.45, 7) is 3.69. The van der Waals surface area contributed by atoms with Crippen molar-refractivity contribution in [3.8, 4) is 11.5 Å². The van der Waals surface area contributed by atoms with Crippen molar-refractivity contribution >= 4 is 19.4 Å². The summed E-state index contributed by atoms with van der Waals surface area (Å²) in [6.07, 6.45) is -0.138. The topological polar surface area (TPSA) is 168 Å². The Morgan fingerprint density at radius 3 is 1.71 bits per heavy atom. The highest BCUT2D eigenvalue weighted by atomic mass is 31.2. The van der Waals surface area contributed by atoms with E-state index in [9.17, 15) is 34.2 Å². The molecule has 11 heteroatoms. The van der Waals surface area contributed by atoms with Crippen molar-refractivity contribution in [1.82, 2.24) is 16.0 Å². The van der Waals surface area contributed by atoms with E-state index in [1.54, 1.807) is 19.2 Å². The minimum absolute atomic E-state index is 0.00132. The smallest absolute Gasteiger partial charge is 0.347 e. The van der Waals surface area contributed by atoms with Crippen molar-refractivity contribution in [2.24, 2.45) is 5.92 Å². The van der Waals surface area contributed by atoms with Gasteiger partial charge < -0.3 is 36.0 Å². The second kappa shape index (κ2) is 12.0. The van der Waals surface area contributed by atoms with Crippen LogP contribution >= 0.6 is 7.60 Å². The summed E-state index contributed by atoms with van der Waals surface area (Å²) in [5, 5.41) is 26.9. The van der Waals surface area contributed by atoms with Crippen LogP contribution in [0, 0.1) is 5.92 Å². The summed E-state index contributed by atoms with van der Waals surface area (Å²) in [5.41, 5.74) is 1.13. The fourth-order valence-electron chi connectivity index (χ4n) is 3.48. The maximum Gasteiger partial charge on any atom is 0.347 e. The van der Waals surface area contributed by atoms with Gasteiger partial charge in [-0.05, 0) is 48.4 Å². The van der Waals surface area contributed by atoms with Gasteiger partial charge in [0.15, 0.2) is 0 Å². The maximum atomic E-state index is 13.2. The minimum Gasteiger partial charge on any atom is -0.508 e. The first-order valence-electron chi connectivity index (χ1n) is 10.8. The number of benzene rings is 2. The number of amides is 2. The lowest BCUT2D eigenvalue weighted by Crippen LogP contribution is -2.55. The predicted molar refractivity (Wildman–Crippen MR) is 127 cm³/mol. The third-order valence-corrected chi connectivity index (χ3v) is 6.47. The molecule has 3 atom stereocenters. The molecule has 2 aromatic rings. The fraction of sp³-hybridized carbons (Fsp3) is 0.391. The average molecular weight is 493 g/mol. The highest BCUT2D eigenvalue weighted by Gasteiger charge is 2.34. The van der Waals surface area contributed by atoms with E-state index in [-0.39, 0.29) is 30.3 Å². The summed E-state index contributed by atoms with van der Waals surface area (Å²) in [7, 11) is -3.14. The van der Waals surface area contributed by atoms with Gasteiger partial charge in [0.1, 0.15) is 23.3 Å². The van der Waals surface area contributed by atoms with Crippen molar-refractivity contribution in [3.05, 3.63) is 59.7 Å². The molecule has 0 saturated carbocycles. The zero-order valence-corrected chi connectivity index (χ0v) is 20.2. The van der Waals surface area contributed by atoms with E-state index in [2.05, 4.69) is 16.0 Å². The number of hydrogen-bond acceptors (Lipinski definition) is 6. The highest BCUT2D eigenvalue weighted by molar-refractivity contribution is 7.52. The summed E-state index contributed by atoms with van der Waals surface area (Å²) >= 11 is 0. The molecular weight excluding hydrogens is 461 g/mol. The number of hydrogen-bond donors (Lipinski definition) is 7. The van der Waals surface area contributed by atoms with Gasteiger partial charge in [0.2, 0.25) is 11.8 Å². The zero-order chi connectivity index (χ0) is 25.5. The largest absolute Gasteiger partial charge is 0.508 e. The molecule has 1 unspecified atom stereocenters. The van der Waals surface area contributed by atoms with E-state index in [0.29, 0.717) is 11.1 Å². The molecule has 0 heterocycles. The van der Waals surface area contributed by atoms with E-state index in [1.807, 2.05) is 13.8 Å². The van der Waals surface area contributed by atoms with Gasteiger partial charge in [-0.25, -0.2) is 0 Å². The maximum absolute atomic E-state index is 13.2. The number of phenolic OH excluding ortho intramolecular Hbond substituents is 2. The normalized spacial score (nSPS) is 14.3. The molecule has 0 bridgehead atoms. The van der Waals surface area contributed by atoms with E-state index >= 15 is 0 Å². The number of aromatic hydroxyl groups is 2. The summed E-state index contributed by atoms with van der Waals surface area (Å²) in [4.78, 5) is 45.7. The third-order valence-electron chi connectivity index (χ3n) is 5.35. The molecule has 0 aliphatic heterocycles. The first-order chi connectivity index (χ1) is 15.9. The van der Waals surface area contributed by atoms with Gasteiger partial charge in [0, 0.05) is 12.8 Å². The summed E-state index contributed by atoms with van der Waals surface area (Å²) in [5.74, 6) is -2.75. The van der Waals surface area contributed by atoms with Crippen molar-refractivity contribution in [1.29, 1.82) is 0 Å². The lowest BCUT2D eigenvalue weighted by Gasteiger charge is -2.27. The third kappa shape index (κ3) is 8.14. The molecule has 0 spiro atoms. The molecule has 0 radical (unpaired) electrons. The summed E-state index contributed by atoms with van der Waals surface area (Å²) < 4.78 is 12.1. The molecular formula is C23H32N3O7P. The molecule has 186 valence electrons. The van der Waals surface area contributed by atoms with E-state index in [1.165, 1.54) is 36.4 Å². The summed E-state index contributed by atoms with van der Waals surface area (Å²) in [6, 6.07) is 10.1. The fourth-order valence-corrected chi connectivity index (χ4v) is 4.22. The first-order valence-corrected chi connectivity index (χ1v) is 12.5. The zero-order valence-electron chi connectivity index (χ0n) is 19.3. The molecule has 0 aliphatic carbocycles. The van der Waals surface area contributed by atoms with Crippen molar-refractivity contribution < 1.29 is 34.2 Å². The molecule has 0 saturated heterocycles. The predicted octanol–water partition coefficient (Wildman–Crippen LogP) is 1.23. The SMILES string of the molecule is CN[C@H](C(=O)N[C@@H](Cc1ccc(O)cc1)C(=O)NC(Cc1ccc(O)cc1)P(=O)(O)O)C(C)C. The van der Waals surface area contributed by atoms with Gasteiger partial charge in [0.05, 0.1) is 6.04 Å². The van der Waals surface area contributed by atoms with Crippen molar-refractivity contribution in [3.63, 3.8) is 0 Å². The Hall–Kier alpha value is -2.91. The number of phenols is 2. The van der Waals surface area contributed by atoms with E-state index in [4.69, 9.17) is 0 Å². The standard InChI is InChI=1S/C23H32N3O7P/c1-14(2)21(24-3)23(30)25-19(12-15-4-8-17(27)9-5-15)22(29)26-20(34(31,32)33)13-16-6-10-18(28)11-7-16/h4-11,14,19-21,24,27-28H,12-13H2,1-3H3,(H,25,30)(H,26,29)(H2,31,32,33)/t19-,20?,21-/m0/s1. The molecule has 0 aromatic heterocycles. The molecule has 10 nitrogen and oxygen atoms in total. The molecule has 2 rings (SSSR count). The van der Waals surface area contributed by atoms with Crippen LogP contribution in [0.1, 0.15) is 25.0 Å². The van der Waals surface area contributed by atoms with Crippen LogP contribution in [0.4, 0.5) is 0 Å². The number of carbonyl (C=O) groups is 2. The van der Waals surface area contributed by atoms with Gasteiger partial charge in [-0.1, -0.05) is 38.1 Å². The Kier molecular flexibility index (Phi) is 9.64. The monoisotopic (exact) mass is 493 g/mol. The van der Waals surface area contributed by atoms with Gasteiger partial charge >= 0.3 is 7.60 Å². The van der Waals surface area contributed by atoms with Gasteiger partial charge in [-0.2, -0.15) is 0 Å². The van der Waals surface area contributed by atoms with Crippen molar-refractivity contribution in [2.75, 3.05) is 7.05 Å². The second-order valence-electron chi connectivity index (χ2n) is 8.43. The van der Waals surface area contributed by atoms with Crippen LogP contribution in [0.25, 0.3) is 0 Å². The molecule has 0 aliphatic rings. The number of likely N-dealkylation sites (N-methyl/N-ethyl adjacent to an activating group) is 1. The van der Waals surface area contributed by atoms with Crippen molar-refractivity contribution in [2.45, 2.75) is 44.6 Å². The van der Waals surface area contributed by atoms with Crippen LogP contribution in [-0.4, -0.2) is 56.7 Å². The van der Waals surface area contributed by atoms with Gasteiger partial charge in [-0.3, -0.25) is 14.2 Å². The Morgan fingerprint density at radius 2 is 1.29 bits per heavy atom. The quantitative estimate of drug-likeness (QED) is 0.229. The average Bonchev–Trinajstić information content (AvgIpc) is 2.75.